The van der Waals surface area contributed by atoms with E-state index in [1.807, 2.05) is 37.9 Å². The summed E-state index contributed by atoms with van der Waals surface area (Å²) in [4.78, 5) is 15.4. The fourth-order valence-corrected chi connectivity index (χ4v) is 1.53. The molecule has 5 nitrogen and oxygen atoms in total. The molecule has 0 aliphatic heterocycles. The Labute approximate surface area is 109 Å². The van der Waals surface area contributed by atoms with Gasteiger partial charge in [0.05, 0.1) is 12.9 Å². The van der Waals surface area contributed by atoms with E-state index in [0.717, 1.165) is 25.9 Å². The summed E-state index contributed by atoms with van der Waals surface area (Å²) >= 11 is 0. The number of imidazole rings is 1. The van der Waals surface area contributed by atoms with Gasteiger partial charge in [-0.3, -0.25) is 4.79 Å². The summed E-state index contributed by atoms with van der Waals surface area (Å²) in [6.45, 7) is 7.69. The van der Waals surface area contributed by atoms with Crippen LogP contribution >= 0.6 is 0 Å². The van der Waals surface area contributed by atoms with Gasteiger partial charge in [-0.1, -0.05) is 0 Å². The highest BCUT2D eigenvalue weighted by Gasteiger charge is 2.15. The van der Waals surface area contributed by atoms with E-state index >= 15 is 0 Å². The van der Waals surface area contributed by atoms with Gasteiger partial charge in [-0.25, -0.2) is 4.98 Å². The van der Waals surface area contributed by atoms with Crippen LogP contribution in [-0.4, -0.2) is 34.2 Å². The molecule has 0 aromatic carbocycles. The first-order valence-electron chi connectivity index (χ1n) is 6.36. The van der Waals surface area contributed by atoms with Gasteiger partial charge in [-0.2, -0.15) is 0 Å². The highest BCUT2D eigenvalue weighted by Crippen LogP contribution is 2.06. The van der Waals surface area contributed by atoms with Crippen molar-refractivity contribution in [1.29, 1.82) is 0 Å². The standard InChI is InChI=1S/C13H23N3O2/c1-13(2,3)18-12(17)10-14-6-4-5-8-16-9-7-15-11-16/h7,9,11,14H,4-6,8,10H2,1-3H3. The molecule has 102 valence electrons. The minimum absolute atomic E-state index is 0.197. The van der Waals surface area contributed by atoms with Crippen LogP contribution in [0, 0.1) is 0 Å². The van der Waals surface area contributed by atoms with Gasteiger partial charge in [0, 0.05) is 18.9 Å². The fourth-order valence-electron chi connectivity index (χ4n) is 1.53. The summed E-state index contributed by atoms with van der Waals surface area (Å²) in [5.74, 6) is -0.197. The van der Waals surface area contributed by atoms with Crippen LogP contribution in [0.2, 0.25) is 0 Å². The lowest BCUT2D eigenvalue weighted by atomic mass is 10.2. The average Bonchev–Trinajstić information content (AvgIpc) is 2.73. The number of aryl methyl sites for hydroxylation is 1. The van der Waals surface area contributed by atoms with Gasteiger partial charge >= 0.3 is 5.97 Å². The maximum Gasteiger partial charge on any atom is 0.320 e. The Morgan fingerprint density at radius 1 is 1.39 bits per heavy atom. The van der Waals surface area contributed by atoms with Crippen LogP contribution in [0.25, 0.3) is 0 Å². The number of hydrogen-bond acceptors (Lipinski definition) is 4. The monoisotopic (exact) mass is 253 g/mol. The van der Waals surface area contributed by atoms with E-state index in [1.54, 1.807) is 6.20 Å². The molecule has 0 aliphatic rings. The average molecular weight is 253 g/mol. The molecule has 0 aliphatic carbocycles. The maximum atomic E-state index is 11.4. The molecule has 0 atom stereocenters. The highest BCUT2D eigenvalue weighted by molar-refractivity contribution is 5.72. The number of hydrogen-bond donors (Lipinski definition) is 1. The predicted molar refractivity (Wildman–Crippen MR) is 70.2 cm³/mol. The Morgan fingerprint density at radius 3 is 2.78 bits per heavy atom. The lowest BCUT2D eigenvalue weighted by molar-refractivity contribution is -0.153. The van der Waals surface area contributed by atoms with E-state index in [1.165, 1.54) is 0 Å². The number of carbonyl (C=O) groups is 1. The summed E-state index contributed by atoms with van der Waals surface area (Å²) < 4.78 is 7.24. The van der Waals surface area contributed by atoms with Crippen molar-refractivity contribution in [3.8, 4) is 0 Å². The number of rotatable bonds is 7. The van der Waals surface area contributed by atoms with Crippen molar-refractivity contribution >= 4 is 5.97 Å². The molecule has 1 heterocycles. The van der Waals surface area contributed by atoms with Gasteiger partial charge < -0.3 is 14.6 Å². The lowest BCUT2D eigenvalue weighted by Crippen LogP contribution is -2.31. The highest BCUT2D eigenvalue weighted by atomic mass is 16.6. The molecule has 0 saturated heterocycles. The Kier molecular flexibility index (Phi) is 5.85. The van der Waals surface area contributed by atoms with E-state index in [9.17, 15) is 4.79 Å². The Morgan fingerprint density at radius 2 is 2.17 bits per heavy atom. The second-order valence-electron chi connectivity index (χ2n) is 5.27. The molecule has 1 rings (SSSR count). The lowest BCUT2D eigenvalue weighted by Gasteiger charge is -2.19. The van der Waals surface area contributed by atoms with Crippen LogP contribution in [-0.2, 0) is 16.1 Å². The smallest absolute Gasteiger partial charge is 0.320 e. The molecule has 0 spiro atoms. The third kappa shape index (κ3) is 7.06. The molecule has 0 bridgehead atoms. The van der Waals surface area contributed by atoms with Gasteiger partial charge in [0.15, 0.2) is 0 Å². The first kappa shape index (κ1) is 14.7. The van der Waals surface area contributed by atoms with E-state index < -0.39 is 5.60 Å². The molecule has 0 unspecified atom stereocenters. The maximum absolute atomic E-state index is 11.4. The number of ether oxygens (including phenoxy) is 1. The molecular weight excluding hydrogens is 230 g/mol. The van der Waals surface area contributed by atoms with Crippen LogP contribution < -0.4 is 5.32 Å². The second-order valence-corrected chi connectivity index (χ2v) is 5.27. The molecule has 1 aromatic heterocycles. The number of carbonyl (C=O) groups excluding carboxylic acids is 1. The summed E-state index contributed by atoms with van der Waals surface area (Å²) in [5.41, 5.74) is -0.403. The largest absolute Gasteiger partial charge is 0.459 e. The summed E-state index contributed by atoms with van der Waals surface area (Å²) in [6, 6.07) is 0. The van der Waals surface area contributed by atoms with Crippen LogP contribution in [0.5, 0.6) is 0 Å². The Balaban J connectivity index is 1.97. The van der Waals surface area contributed by atoms with Crippen LogP contribution in [0.3, 0.4) is 0 Å². The minimum atomic E-state index is -0.403. The predicted octanol–water partition coefficient (Wildman–Crippen LogP) is 1.59. The van der Waals surface area contributed by atoms with Gasteiger partial charge in [0.2, 0.25) is 0 Å². The van der Waals surface area contributed by atoms with Gasteiger partial charge in [-0.15, -0.1) is 0 Å². The van der Waals surface area contributed by atoms with Gasteiger partial charge in [0.25, 0.3) is 0 Å². The van der Waals surface area contributed by atoms with Crippen molar-refractivity contribution in [1.82, 2.24) is 14.9 Å². The molecule has 0 fully saturated rings. The quantitative estimate of drug-likeness (QED) is 0.592. The summed E-state index contributed by atoms with van der Waals surface area (Å²) in [6.07, 6.45) is 7.64. The number of nitrogens with zero attached hydrogens (tertiary/aromatic N) is 2. The third-order valence-corrected chi connectivity index (χ3v) is 2.27. The molecule has 1 aromatic rings. The topological polar surface area (TPSA) is 56.1 Å². The van der Waals surface area contributed by atoms with Crippen molar-refractivity contribution in [2.45, 2.75) is 45.8 Å². The van der Waals surface area contributed by atoms with Crippen LogP contribution in [0.4, 0.5) is 0 Å². The van der Waals surface area contributed by atoms with E-state index in [2.05, 4.69) is 10.3 Å². The zero-order valence-corrected chi connectivity index (χ0v) is 11.5. The first-order chi connectivity index (χ1) is 8.47. The zero-order valence-electron chi connectivity index (χ0n) is 11.5. The number of esters is 1. The van der Waals surface area contributed by atoms with Crippen LogP contribution in [0.15, 0.2) is 18.7 Å². The minimum Gasteiger partial charge on any atom is -0.459 e. The van der Waals surface area contributed by atoms with E-state index in [0.29, 0.717) is 0 Å². The molecule has 1 N–H and O–H groups in total. The van der Waals surface area contributed by atoms with Crippen molar-refractivity contribution in [3.63, 3.8) is 0 Å². The van der Waals surface area contributed by atoms with E-state index in [-0.39, 0.29) is 12.5 Å². The number of nitrogens with one attached hydrogen (secondary N) is 1. The normalized spacial score (nSPS) is 11.5. The SMILES string of the molecule is CC(C)(C)OC(=O)CNCCCCn1ccnc1. The second kappa shape index (κ2) is 7.16. The van der Waals surface area contributed by atoms with Crippen molar-refractivity contribution in [2.75, 3.05) is 13.1 Å². The van der Waals surface area contributed by atoms with Crippen LogP contribution in [0.1, 0.15) is 33.6 Å². The third-order valence-electron chi connectivity index (χ3n) is 2.27. The number of aromatic nitrogens is 2. The molecule has 0 saturated carbocycles. The molecule has 0 radical (unpaired) electrons. The summed E-state index contributed by atoms with van der Waals surface area (Å²) in [5, 5.41) is 3.09. The molecule has 0 amide bonds. The van der Waals surface area contributed by atoms with Crippen molar-refractivity contribution in [2.24, 2.45) is 0 Å². The van der Waals surface area contributed by atoms with E-state index in [4.69, 9.17) is 4.74 Å². The Hall–Kier alpha value is -1.36. The molecule has 18 heavy (non-hydrogen) atoms. The van der Waals surface area contributed by atoms with Gasteiger partial charge in [0.1, 0.15) is 5.60 Å². The molecular formula is C13H23N3O2. The zero-order chi connectivity index (χ0) is 13.4. The van der Waals surface area contributed by atoms with Gasteiger partial charge in [-0.05, 0) is 40.2 Å². The Bertz CT molecular complexity index is 342. The van der Waals surface area contributed by atoms with Crippen molar-refractivity contribution in [3.05, 3.63) is 18.7 Å². The first-order valence-corrected chi connectivity index (χ1v) is 6.36. The number of unbranched alkanes of at least 4 members (excludes halogenated alkanes) is 1. The summed E-state index contributed by atoms with van der Waals surface area (Å²) in [7, 11) is 0. The molecule has 5 heteroatoms. The fraction of sp³-hybridized carbons (Fsp3) is 0.692. The van der Waals surface area contributed by atoms with Crippen molar-refractivity contribution < 1.29 is 9.53 Å².